The number of nitrogens with two attached hydrogens (primary N) is 1. The molecule has 0 fully saturated rings. The monoisotopic (exact) mass is 395 g/mol. The van der Waals surface area contributed by atoms with Crippen molar-refractivity contribution in [1.29, 1.82) is 0 Å². The van der Waals surface area contributed by atoms with Gasteiger partial charge >= 0.3 is 0 Å². The topological polar surface area (TPSA) is 108 Å². The normalized spacial score (nSPS) is 11.3. The number of aryl methyl sites for hydroxylation is 1. The molecule has 0 spiro atoms. The van der Waals surface area contributed by atoms with Crippen LogP contribution in [0.15, 0.2) is 52.0 Å². The molecule has 1 aromatic heterocycles. The van der Waals surface area contributed by atoms with Crippen molar-refractivity contribution in [2.75, 3.05) is 26.1 Å². The van der Waals surface area contributed by atoms with Gasteiger partial charge in [-0.1, -0.05) is 24.2 Å². The maximum atomic E-state index is 6.02. The van der Waals surface area contributed by atoms with E-state index in [1.54, 1.807) is 20.3 Å². The standard InChI is InChI=1S/C21H25N5O3/c1-4-19-25-20(29-26-19)15-7-5-14(6-8-15)11-12-23-21(22)24-17-13-16(27-2)9-10-18(17)28-3/h5-10,13H,4,11-12H2,1-3H3,(H3,22,23,24). The molecule has 0 aliphatic rings. The third kappa shape index (κ3) is 5.25. The van der Waals surface area contributed by atoms with Crippen molar-refractivity contribution in [3.05, 3.63) is 53.9 Å². The molecule has 0 bridgehead atoms. The Morgan fingerprint density at radius 3 is 2.59 bits per heavy atom. The number of rotatable bonds is 8. The summed E-state index contributed by atoms with van der Waals surface area (Å²) in [5, 5.41) is 6.97. The molecule has 152 valence electrons. The molecule has 3 N–H and O–H groups in total. The van der Waals surface area contributed by atoms with Crippen molar-refractivity contribution in [1.82, 2.24) is 10.1 Å². The molecule has 3 aromatic rings. The molecule has 0 atom stereocenters. The first-order valence-corrected chi connectivity index (χ1v) is 9.33. The summed E-state index contributed by atoms with van der Waals surface area (Å²) in [6.45, 7) is 2.54. The molecule has 2 aromatic carbocycles. The van der Waals surface area contributed by atoms with E-state index in [9.17, 15) is 0 Å². The number of ether oxygens (including phenoxy) is 2. The Bertz CT molecular complexity index is 967. The van der Waals surface area contributed by atoms with E-state index in [4.69, 9.17) is 19.7 Å². The van der Waals surface area contributed by atoms with Gasteiger partial charge in [-0.05, 0) is 36.2 Å². The molecule has 1 heterocycles. The Kier molecular flexibility index (Phi) is 6.67. The fraction of sp³-hybridized carbons (Fsp3) is 0.286. The minimum atomic E-state index is 0.311. The summed E-state index contributed by atoms with van der Waals surface area (Å²) < 4.78 is 15.8. The van der Waals surface area contributed by atoms with Crippen molar-refractivity contribution < 1.29 is 14.0 Å². The van der Waals surface area contributed by atoms with Crippen LogP contribution in [0, 0.1) is 0 Å². The molecule has 0 aliphatic heterocycles. The average molecular weight is 395 g/mol. The Labute approximate surface area is 169 Å². The van der Waals surface area contributed by atoms with Crippen LogP contribution in [-0.2, 0) is 12.8 Å². The van der Waals surface area contributed by atoms with Gasteiger partial charge in [0.05, 0.1) is 19.9 Å². The molecule has 8 heteroatoms. The zero-order valence-corrected chi connectivity index (χ0v) is 16.8. The number of nitrogens with one attached hydrogen (secondary N) is 1. The highest BCUT2D eigenvalue weighted by Gasteiger charge is 2.08. The van der Waals surface area contributed by atoms with Crippen molar-refractivity contribution in [2.24, 2.45) is 10.7 Å². The lowest BCUT2D eigenvalue weighted by molar-refractivity contribution is 0.405. The Morgan fingerprint density at radius 1 is 1.14 bits per heavy atom. The molecule has 8 nitrogen and oxygen atoms in total. The number of guanidine groups is 1. The quantitative estimate of drug-likeness (QED) is 0.445. The second kappa shape index (κ2) is 9.59. The number of aliphatic imine (C=N–C) groups is 1. The Balaban J connectivity index is 1.58. The average Bonchev–Trinajstić information content (AvgIpc) is 3.23. The highest BCUT2D eigenvalue weighted by molar-refractivity contribution is 5.94. The van der Waals surface area contributed by atoms with E-state index in [2.05, 4.69) is 20.4 Å². The number of hydrogen-bond acceptors (Lipinski definition) is 6. The van der Waals surface area contributed by atoms with Crippen LogP contribution in [0.4, 0.5) is 5.69 Å². The summed E-state index contributed by atoms with van der Waals surface area (Å²) in [5.74, 6) is 2.91. The molecule has 0 amide bonds. The van der Waals surface area contributed by atoms with Gasteiger partial charge in [0.1, 0.15) is 11.5 Å². The Morgan fingerprint density at radius 2 is 1.93 bits per heavy atom. The number of nitrogens with zero attached hydrogens (tertiary/aromatic N) is 3. The van der Waals surface area contributed by atoms with E-state index in [1.807, 2.05) is 43.3 Å². The van der Waals surface area contributed by atoms with Crippen molar-refractivity contribution in [2.45, 2.75) is 19.8 Å². The summed E-state index contributed by atoms with van der Waals surface area (Å²) >= 11 is 0. The predicted molar refractivity (Wildman–Crippen MR) is 112 cm³/mol. The molecule has 0 saturated heterocycles. The number of benzene rings is 2. The van der Waals surface area contributed by atoms with E-state index in [1.165, 1.54) is 0 Å². The van der Waals surface area contributed by atoms with Crippen LogP contribution in [-0.4, -0.2) is 36.9 Å². The molecule has 0 radical (unpaired) electrons. The van der Waals surface area contributed by atoms with E-state index in [-0.39, 0.29) is 0 Å². The summed E-state index contributed by atoms with van der Waals surface area (Å²) in [4.78, 5) is 8.72. The van der Waals surface area contributed by atoms with Gasteiger partial charge in [0.25, 0.3) is 5.89 Å². The molecule has 0 saturated carbocycles. The van der Waals surface area contributed by atoms with Gasteiger partial charge in [-0.15, -0.1) is 0 Å². The summed E-state index contributed by atoms with van der Waals surface area (Å²) in [5.41, 5.74) is 8.75. The molecule has 0 unspecified atom stereocenters. The maximum Gasteiger partial charge on any atom is 0.257 e. The zero-order valence-electron chi connectivity index (χ0n) is 16.8. The number of methoxy groups -OCH3 is 2. The molecule has 0 aliphatic carbocycles. The summed E-state index contributed by atoms with van der Waals surface area (Å²) in [6, 6.07) is 13.4. The van der Waals surface area contributed by atoms with Crippen molar-refractivity contribution >= 4 is 11.6 Å². The molecular formula is C21H25N5O3. The first-order chi connectivity index (χ1) is 14.1. The van der Waals surface area contributed by atoms with Crippen LogP contribution in [0.2, 0.25) is 0 Å². The van der Waals surface area contributed by atoms with Crippen LogP contribution < -0.4 is 20.5 Å². The zero-order chi connectivity index (χ0) is 20.6. The van der Waals surface area contributed by atoms with Crippen LogP contribution in [0.5, 0.6) is 11.5 Å². The second-order valence-corrected chi connectivity index (χ2v) is 6.27. The van der Waals surface area contributed by atoms with Crippen molar-refractivity contribution in [3.63, 3.8) is 0 Å². The molecule has 29 heavy (non-hydrogen) atoms. The lowest BCUT2D eigenvalue weighted by Crippen LogP contribution is -2.23. The number of hydrogen-bond donors (Lipinski definition) is 2. The molecular weight excluding hydrogens is 370 g/mol. The maximum absolute atomic E-state index is 6.02. The first kappa shape index (κ1) is 20.2. The van der Waals surface area contributed by atoms with Crippen LogP contribution in [0.25, 0.3) is 11.5 Å². The Hall–Kier alpha value is -3.55. The van der Waals surface area contributed by atoms with Gasteiger partial charge in [-0.25, -0.2) is 0 Å². The SMILES string of the molecule is CCc1noc(-c2ccc(CCN=C(N)Nc3cc(OC)ccc3OC)cc2)n1. The summed E-state index contributed by atoms with van der Waals surface area (Å²) in [7, 11) is 3.21. The van der Waals surface area contributed by atoms with Gasteiger partial charge < -0.3 is 25.0 Å². The predicted octanol–water partition coefficient (Wildman–Crippen LogP) is 3.29. The number of anilines is 1. The number of aromatic nitrogens is 2. The smallest absolute Gasteiger partial charge is 0.257 e. The van der Waals surface area contributed by atoms with E-state index < -0.39 is 0 Å². The van der Waals surface area contributed by atoms with Gasteiger partial charge in [-0.3, -0.25) is 4.99 Å². The van der Waals surface area contributed by atoms with Gasteiger partial charge in [0.2, 0.25) is 0 Å². The largest absolute Gasteiger partial charge is 0.497 e. The van der Waals surface area contributed by atoms with E-state index in [0.717, 1.165) is 24.0 Å². The molecule has 3 rings (SSSR count). The lowest BCUT2D eigenvalue weighted by Gasteiger charge is -2.12. The third-order valence-electron chi connectivity index (χ3n) is 4.34. The van der Waals surface area contributed by atoms with Crippen LogP contribution in [0.3, 0.4) is 0 Å². The minimum Gasteiger partial charge on any atom is -0.497 e. The van der Waals surface area contributed by atoms with Crippen LogP contribution in [0.1, 0.15) is 18.3 Å². The van der Waals surface area contributed by atoms with Gasteiger partial charge in [-0.2, -0.15) is 4.98 Å². The van der Waals surface area contributed by atoms with Gasteiger partial charge in [0, 0.05) is 24.6 Å². The fourth-order valence-corrected chi connectivity index (χ4v) is 2.72. The third-order valence-corrected chi connectivity index (χ3v) is 4.34. The second-order valence-electron chi connectivity index (χ2n) is 6.27. The fourth-order valence-electron chi connectivity index (χ4n) is 2.72. The first-order valence-electron chi connectivity index (χ1n) is 9.33. The minimum absolute atomic E-state index is 0.311. The van der Waals surface area contributed by atoms with Gasteiger partial charge in [0.15, 0.2) is 11.8 Å². The highest BCUT2D eigenvalue weighted by Crippen LogP contribution is 2.28. The highest BCUT2D eigenvalue weighted by atomic mass is 16.5. The van der Waals surface area contributed by atoms with E-state index in [0.29, 0.717) is 41.4 Å². The van der Waals surface area contributed by atoms with E-state index >= 15 is 0 Å². The summed E-state index contributed by atoms with van der Waals surface area (Å²) in [6.07, 6.45) is 1.50. The van der Waals surface area contributed by atoms with Crippen molar-refractivity contribution in [3.8, 4) is 23.0 Å². The van der Waals surface area contributed by atoms with Crippen LogP contribution >= 0.6 is 0 Å². The lowest BCUT2D eigenvalue weighted by atomic mass is 10.1.